The van der Waals surface area contributed by atoms with Crippen LogP contribution in [0.5, 0.6) is 0 Å². The Balaban J connectivity index is 2.23. The summed E-state index contributed by atoms with van der Waals surface area (Å²) in [5.41, 5.74) is 1.68. The van der Waals surface area contributed by atoms with Gasteiger partial charge in [-0.15, -0.1) is 0 Å². The number of anilines is 1. The maximum absolute atomic E-state index is 12.0. The first kappa shape index (κ1) is 15.8. The molecule has 1 aliphatic heterocycles. The number of nitrogens with one attached hydrogen (secondary N) is 2. The van der Waals surface area contributed by atoms with Crippen LogP contribution in [0.1, 0.15) is 25.8 Å². The maximum Gasteiger partial charge on any atom is 0.321 e. The van der Waals surface area contributed by atoms with Crippen molar-refractivity contribution in [2.24, 2.45) is 0 Å². The minimum absolute atomic E-state index is 0.127. The van der Waals surface area contributed by atoms with Crippen LogP contribution in [0.15, 0.2) is 23.1 Å². The van der Waals surface area contributed by atoms with Gasteiger partial charge in [0.15, 0.2) is 0 Å². The predicted molar refractivity (Wildman–Crippen MR) is 82.0 cm³/mol. The van der Waals surface area contributed by atoms with Gasteiger partial charge in [-0.1, -0.05) is 13.8 Å². The molecule has 0 saturated heterocycles. The molecule has 0 aromatic heterocycles. The van der Waals surface area contributed by atoms with Gasteiger partial charge in [0, 0.05) is 25.3 Å². The van der Waals surface area contributed by atoms with Crippen molar-refractivity contribution in [2.45, 2.75) is 31.6 Å². The second kappa shape index (κ2) is 6.44. The van der Waals surface area contributed by atoms with E-state index in [0.29, 0.717) is 26.1 Å². The molecule has 0 spiro atoms. The van der Waals surface area contributed by atoms with Crippen molar-refractivity contribution in [3.63, 3.8) is 0 Å². The van der Waals surface area contributed by atoms with Crippen molar-refractivity contribution < 1.29 is 13.2 Å². The molecule has 1 aromatic rings. The van der Waals surface area contributed by atoms with Crippen LogP contribution in [0.2, 0.25) is 0 Å². The molecule has 2 N–H and O–H groups in total. The summed E-state index contributed by atoms with van der Waals surface area (Å²) < 4.78 is 26.4. The molecule has 1 heterocycles. The van der Waals surface area contributed by atoms with E-state index in [1.54, 1.807) is 30.0 Å². The van der Waals surface area contributed by atoms with Crippen LogP contribution < -0.4 is 14.9 Å². The number of fused-ring (bicyclic) bond motifs is 1. The summed E-state index contributed by atoms with van der Waals surface area (Å²) in [5, 5.41) is 2.84. The Labute approximate surface area is 125 Å². The highest BCUT2D eigenvalue weighted by atomic mass is 32.2. The topological polar surface area (TPSA) is 78.5 Å². The van der Waals surface area contributed by atoms with Crippen molar-refractivity contribution >= 4 is 21.7 Å². The maximum atomic E-state index is 12.0. The van der Waals surface area contributed by atoms with Crippen molar-refractivity contribution in [1.82, 2.24) is 10.0 Å². The number of benzene rings is 1. The number of sulfonamides is 1. The highest BCUT2D eigenvalue weighted by Crippen LogP contribution is 2.30. The van der Waals surface area contributed by atoms with Crippen LogP contribution in [0.4, 0.5) is 10.5 Å². The Morgan fingerprint density at radius 1 is 1.33 bits per heavy atom. The number of rotatable bonds is 5. The largest absolute Gasteiger partial charge is 0.338 e. The third-order valence-corrected chi connectivity index (χ3v) is 4.91. The van der Waals surface area contributed by atoms with Crippen molar-refractivity contribution in [3.8, 4) is 0 Å². The van der Waals surface area contributed by atoms with Gasteiger partial charge in [0.05, 0.1) is 4.90 Å². The highest BCUT2D eigenvalue weighted by molar-refractivity contribution is 7.89. The molecule has 0 atom stereocenters. The summed E-state index contributed by atoms with van der Waals surface area (Å²) >= 11 is 0. The minimum Gasteiger partial charge on any atom is -0.338 e. The Kier molecular flexibility index (Phi) is 4.84. The van der Waals surface area contributed by atoms with Crippen LogP contribution in [-0.2, 0) is 16.4 Å². The molecule has 0 saturated carbocycles. The molecule has 116 valence electrons. The van der Waals surface area contributed by atoms with Crippen molar-refractivity contribution in [1.29, 1.82) is 0 Å². The molecule has 7 heteroatoms. The smallest absolute Gasteiger partial charge is 0.321 e. The minimum atomic E-state index is -3.45. The summed E-state index contributed by atoms with van der Waals surface area (Å²) in [6.45, 7) is 5.30. The molecule has 0 aliphatic carbocycles. The standard InChI is InChI=1S/C14H21N3O3S/c1-3-8-15-14(18)17-9-7-11-10-12(5-6-13(11)17)21(19,20)16-4-2/h5-6,10,16H,3-4,7-9H2,1-2H3,(H,15,18). The SMILES string of the molecule is CCCNC(=O)N1CCc2cc(S(=O)(=O)NCC)ccc21. The van der Waals surface area contributed by atoms with E-state index in [1.165, 1.54) is 0 Å². The van der Waals surface area contributed by atoms with E-state index in [1.807, 2.05) is 6.92 Å². The fourth-order valence-electron chi connectivity index (χ4n) is 2.36. The van der Waals surface area contributed by atoms with Gasteiger partial charge in [-0.25, -0.2) is 17.9 Å². The van der Waals surface area contributed by atoms with E-state index in [4.69, 9.17) is 0 Å². The first-order valence-corrected chi connectivity index (χ1v) is 8.66. The second-order valence-corrected chi connectivity index (χ2v) is 6.69. The van der Waals surface area contributed by atoms with Gasteiger partial charge in [0.1, 0.15) is 0 Å². The summed E-state index contributed by atoms with van der Waals surface area (Å²) in [6, 6.07) is 4.78. The van der Waals surface area contributed by atoms with E-state index < -0.39 is 10.0 Å². The lowest BCUT2D eigenvalue weighted by Crippen LogP contribution is -2.39. The molecule has 0 bridgehead atoms. The monoisotopic (exact) mass is 311 g/mol. The Bertz CT molecular complexity index is 628. The lowest BCUT2D eigenvalue weighted by atomic mass is 10.2. The summed E-state index contributed by atoms with van der Waals surface area (Å²) in [5.74, 6) is 0. The lowest BCUT2D eigenvalue weighted by molar-refractivity contribution is 0.247. The van der Waals surface area contributed by atoms with Gasteiger partial charge < -0.3 is 5.32 Å². The molecular weight excluding hydrogens is 290 g/mol. The zero-order valence-electron chi connectivity index (χ0n) is 12.3. The fraction of sp³-hybridized carbons (Fsp3) is 0.500. The third kappa shape index (κ3) is 3.36. The zero-order chi connectivity index (χ0) is 15.5. The van der Waals surface area contributed by atoms with Crippen LogP contribution in [0.25, 0.3) is 0 Å². The summed E-state index contributed by atoms with van der Waals surface area (Å²) in [4.78, 5) is 13.9. The van der Waals surface area contributed by atoms with Crippen molar-refractivity contribution in [3.05, 3.63) is 23.8 Å². The van der Waals surface area contributed by atoms with Crippen LogP contribution in [0.3, 0.4) is 0 Å². The molecule has 0 fully saturated rings. The van der Waals surface area contributed by atoms with E-state index in [-0.39, 0.29) is 10.9 Å². The normalized spacial score (nSPS) is 14.1. The molecular formula is C14H21N3O3S. The molecule has 2 rings (SSSR count). The number of carbonyl (C=O) groups is 1. The van der Waals surface area contributed by atoms with Crippen LogP contribution >= 0.6 is 0 Å². The average molecular weight is 311 g/mol. The zero-order valence-corrected chi connectivity index (χ0v) is 13.2. The van der Waals surface area contributed by atoms with E-state index >= 15 is 0 Å². The molecule has 0 radical (unpaired) electrons. The molecule has 0 unspecified atom stereocenters. The quantitative estimate of drug-likeness (QED) is 0.864. The van der Waals surface area contributed by atoms with Crippen molar-refractivity contribution in [2.75, 3.05) is 24.5 Å². The van der Waals surface area contributed by atoms with E-state index in [2.05, 4.69) is 10.0 Å². The van der Waals surface area contributed by atoms with E-state index in [9.17, 15) is 13.2 Å². The van der Waals surface area contributed by atoms with Gasteiger partial charge in [-0.3, -0.25) is 4.90 Å². The van der Waals surface area contributed by atoms with E-state index in [0.717, 1.165) is 17.7 Å². The number of hydrogen-bond acceptors (Lipinski definition) is 3. The predicted octanol–water partition coefficient (Wildman–Crippen LogP) is 1.47. The third-order valence-electron chi connectivity index (χ3n) is 3.36. The second-order valence-electron chi connectivity index (χ2n) is 4.93. The number of amides is 2. The molecule has 1 aliphatic rings. The van der Waals surface area contributed by atoms with Crippen LogP contribution in [0, 0.1) is 0 Å². The lowest BCUT2D eigenvalue weighted by Gasteiger charge is -2.18. The fourth-order valence-corrected chi connectivity index (χ4v) is 3.45. The Morgan fingerprint density at radius 2 is 2.10 bits per heavy atom. The number of nitrogens with zero attached hydrogens (tertiary/aromatic N) is 1. The van der Waals surface area contributed by atoms with Gasteiger partial charge in [-0.2, -0.15) is 0 Å². The molecule has 2 amide bonds. The van der Waals surface area contributed by atoms with Crippen LogP contribution in [-0.4, -0.2) is 34.1 Å². The molecule has 21 heavy (non-hydrogen) atoms. The van der Waals surface area contributed by atoms with Gasteiger partial charge in [0.2, 0.25) is 10.0 Å². The highest BCUT2D eigenvalue weighted by Gasteiger charge is 2.26. The average Bonchev–Trinajstić information content (AvgIpc) is 2.87. The summed E-state index contributed by atoms with van der Waals surface area (Å²) in [6.07, 6.45) is 1.55. The molecule has 6 nitrogen and oxygen atoms in total. The van der Waals surface area contributed by atoms with Gasteiger partial charge in [0.25, 0.3) is 0 Å². The number of carbonyl (C=O) groups excluding carboxylic acids is 1. The first-order valence-electron chi connectivity index (χ1n) is 7.17. The summed E-state index contributed by atoms with van der Waals surface area (Å²) in [7, 11) is -3.45. The number of hydrogen-bond donors (Lipinski definition) is 2. The van der Waals surface area contributed by atoms with Gasteiger partial charge in [-0.05, 0) is 36.6 Å². The first-order chi connectivity index (χ1) is 9.99. The molecule has 1 aromatic carbocycles. The Hall–Kier alpha value is -1.60. The van der Waals surface area contributed by atoms with Gasteiger partial charge >= 0.3 is 6.03 Å². The number of urea groups is 1. The Morgan fingerprint density at radius 3 is 2.76 bits per heavy atom.